The molecule has 0 aliphatic carbocycles. The second-order valence-electron chi connectivity index (χ2n) is 5.70. The number of hydrogen-bond acceptors (Lipinski definition) is 4. The lowest BCUT2D eigenvalue weighted by Crippen LogP contribution is -2.20. The van der Waals surface area contributed by atoms with Crippen molar-refractivity contribution in [1.82, 2.24) is 0 Å². The van der Waals surface area contributed by atoms with Gasteiger partial charge in [0.2, 0.25) is 0 Å². The van der Waals surface area contributed by atoms with E-state index in [9.17, 15) is 9.90 Å². The van der Waals surface area contributed by atoms with Gasteiger partial charge in [-0.1, -0.05) is 19.4 Å². The SMILES string of the molecule is CCCc1cc(OCC)cc(C(Nc2ccc(C#N)cc2)C(=O)O)c1. The van der Waals surface area contributed by atoms with Crippen LogP contribution in [-0.2, 0) is 11.2 Å². The minimum Gasteiger partial charge on any atom is -0.494 e. The molecule has 2 aromatic rings. The Bertz CT molecular complexity index is 739. The summed E-state index contributed by atoms with van der Waals surface area (Å²) >= 11 is 0. The van der Waals surface area contributed by atoms with Gasteiger partial charge in [-0.05, 0) is 60.9 Å². The molecule has 0 aromatic heterocycles. The quantitative estimate of drug-likeness (QED) is 0.755. The standard InChI is InChI=1S/C20H22N2O3/c1-3-5-15-10-16(12-18(11-15)25-4-2)19(20(23)24)22-17-8-6-14(13-21)7-9-17/h6-12,19,22H,3-5H2,1-2H3,(H,23,24). The van der Waals surface area contributed by atoms with E-state index in [1.165, 1.54) is 0 Å². The van der Waals surface area contributed by atoms with Gasteiger partial charge in [-0.3, -0.25) is 0 Å². The van der Waals surface area contributed by atoms with Crippen LogP contribution in [0.3, 0.4) is 0 Å². The highest BCUT2D eigenvalue weighted by Crippen LogP contribution is 2.26. The highest BCUT2D eigenvalue weighted by atomic mass is 16.5. The third kappa shape index (κ3) is 4.98. The van der Waals surface area contributed by atoms with Crippen molar-refractivity contribution in [3.05, 3.63) is 59.2 Å². The van der Waals surface area contributed by atoms with Gasteiger partial charge in [-0.25, -0.2) is 4.79 Å². The highest BCUT2D eigenvalue weighted by molar-refractivity contribution is 5.79. The zero-order valence-electron chi connectivity index (χ0n) is 14.5. The molecule has 5 nitrogen and oxygen atoms in total. The predicted octanol–water partition coefficient (Wildman–Crippen LogP) is 4.15. The van der Waals surface area contributed by atoms with E-state index in [1.807, 2.05) is 25.1 Å². The fourth-order valence-corrected chi connectivity index (χ4v) is 2.63. The molecule has 0 aliphatic rings. The number of aryl methyl sites for hydroxylation is 1. The van der Waals surface area contributed by atoms with Crippen LogP contribution in [0, 0.1) is 11.3 Å². The number of ether oxygens (including phenoxy) is 1. The summed E-state index contributed by atoms with van der Waals surface area (Å²) in [6, 6.07) is 13.5. The number of aliphatic carboxylic acids is 1. The topological polar surface area (TPSA) is 82.3 Å². The Balaban J connectivity index is 2.34. The Morgan fingerprint density at radius 3 is 2.52 bits per heavy atom. The van der Waals surface area contributed by atoms with E-state index in [4.69, 9.17) is 10.00 Å². The van der Waals surface area contributed by atoms with Gasteiger partial charge in [0, 0.05) is 5.69 Å². The molecule has 5 heteroatoms. The molecule has 0 aliphatic heterocycles. The first kappa shape index (κ1) is 18.3. The summed E-state index contributed by atoms with van der Waals surface area (Å²) in [5.74, 6) is -0.295. The average molecular weight is 338 g/mol. The van der Waals surface area contributed by atoms with Crippen LogP contribution in [0.4, 0.5) is 5.69 Å². The van der Waals surface area contributed by atoms with Gasteiger partial charge in [0.15, 0.2) is 6.04 Å². The smallest absolute Gasteiger partial charge is 0.330 e. The number of nitrogens with zero attached hydrogens (tertiary/aromatic N) is 1. The number of carbonyl (C=O) groups is 1. The highest BCUT2D eigenvalue weighted by Gasteiger charge is 2.21. The second-order valence-corrected chi connectivity index (χ2v) is 5.70. The number of carboxylic acids is 1. The van der Waals surface area contributed by atoms with Crippen molar-refractivity contribution in [1.29, 1.82) is 5.26 Å². The molecule has 0 bridgehead atoms. The molecule has 0 radical (unpaired) electrons. The van der Waals surface area contributed by atoms with Crippen molar-refractivity contribution in [2.45, 2.75) is 32.7 Å². The van der Waals surface area contributed by atoms with Crippen molar-refractivity contribution in [2.24, 2.45) is 0 Å². The number of benzene rings is 2. The Morgan fingerprint density at radius 1 is 1.24 bits per heavy atom. The molecule has 1 unspecified atom stereocenters. The first-order valence-electron chi connectivity index (χ1n) is 8.33. The average Bonchev–Trinajstić information content (AvgIpc) is 2.60. The predicted molar refractivity (Wildman–Crippen MR) is 96.8 cm³/mol. The maximum absolute atomic E-state index is 11.8. The number of rotatable bonds is 8. The fraction of sp³-hybridized carbons (Fsp3) is 0.300. The zero-order chi connectivity index (χ0) is 18.2. The van der Waals surface area contributed by atoms with Crippen molar-refractivity contribution < 1.29 is 14.6 Å². The molecule has 0 saturated heterocycles. The summed E-state index contributed by atoms with van der Waals surface area (Å²) in [5, 5.41) is 21.6. The summed E-state index contributed by atoms with van der Waals surface area (Å²) in [6.45, 7) is 4.50. The maximum atomic E-state index is 11.8. The number of carboxylic acid groups (broad SMARTS) is 1. The lowest BCUT2D eigenvalue weighted by molar-refractivity contribution is -0.138. The maximum Gasteiger partial charge on any atom is 0.330 e. The number of anilines is 1. The third-order valence-electron chi connectivity index (χ3n) is 3.74. The van der Waals surface area contributed by atoms with Crippen molar-refractivity contribution in [3.8, 4) is 11.8 Å². The van der Waals surface area contributed by atoms with Crippen LogP contribution in [0.2, 0.25) is 0 Å². The van der Waals surface area contributed by atoms with E-state index in [0.29, 0.717) is 29.2 Å². The van der Waals surface area contributed by atoms with Crippen molar-refractivity contribution >= 4 is 11.7 Å². The van der Waals surface area contributed by atoms with E-state index in [2.05, 4.69) is 12.2 Å². The first-order chi connectivity index (χ1) is 12.1. The van der Waals surface area contributed by atoms with Gasteiger partial charge in [0.1, 0.15) is 5.75 Å². The van der Waals surface area contributed by atoms with Crippen LogP contribution in [0.15, 0.2) is 42.5 Å². The van der Waals surface area contributed by atoms with Crippen LogP contribution in [0.25, 0.3) is 0 Å². The second kappa shape index (κ2) is 8.74. The molecule has 0 spiro atoms. The Morgan fingerprint density at radius 2 is 1.96 bits per heavy atom. The van der Waals surface area contributed by atoms with Gasteiger partial charge in [0.25, 0.3) is 0 Å². The number of hydrogen-bond donors (Lipinski definition) is 2. The molecule has 0 fully saturated rings. The fourth-order valence-electron chi connectivity index (χ4n) is 2.63. The number of nitriles is 1. The van der Waals surface area contributed by atoms with Crippen LogP contribution in [0.1, 0.15) is 43.0 Å². The van der Waals surface area contributed by atoms with Gasteiger partial charge in [-0.2, -0.15) is 5.26 Å². The van der Waals surface area contributed by atoms with E-state index >= 15 is 0 Å². The Kier molecular flexibility index (Phi) is 6.41. The normalized spacial score (nSPS) is 11.4. The Hall–Kier alpha value is -3.00. The van der Waals surface area contributed by atoms with Crippen LogP contribution in [-0.4, -0.2) is 17.7 Å². The monoisotopic (exact) mass is 338 g/mol. The van der Waals surface area contributed by atoms with Crippen LogP contribution < -0.4 is 10.1 Å². The van der Waals surface area contributed by atoms with Crippen molar-refractivity contribution in [2.75, 3.05) is 11.9 Å². The number of nitrogens with one attached hydrogen (secondary N) is 1. The molecule has 0 saturated carbocycles. The molecular formula is C20H22N2O3. The largest absolute Gasteiger partial charge is 0.494 e. The zero-order valence-corrected chi connectivity index (χ0v) is 14.5. The van der Waals surface area contributed by atoms with Crippen LogP contribution >= 0.6 is 0 Å². The van der Waals surface area contributed by atoms with Gasteiger partial charge in [0.05, 0.1) is 18.2 Å². The van der Waals surface area contributed by atoms with E-state index in [-0.39, 0.29) is 0 Å². The van der Waals surface area contributed by atoms with E-state index in [1.54, 1.807) is 30.3 Å². The molecule has 2 N–H and O–H groups in total. The minimum atomic E-state index is -0.972. The van der Waals surface area contributed by atoms with E-state index in [0.717, 1.165) is 18.4 Å². The van der Waals surface area contributed by atoms with E-state index < -0.39 is 12.0 Å². The van der Waals surface area contributed by atoms with Gasteiger partial charge < -0.3 is 15.2 Å². The molecule has 0 heterocycles. The molecule has 25 heavy (non-hydrogen) atoms. The van der Waals surface area contributed by atoms with Gasteiger partial charge in [-0.15, -0.1) is 0 Å². The molecule has 0 amide bonds. The Labute approximate surface area is 147 Å². The molecule has 130 valence electrons. The first-order valence-corrected chi connectivity index (χ1v) is 8.33. The molecule has 2 rings (SSSR count). The summed E-state index contributed by atoms with van der Waals surface area (Å²) in [7, 11) is 0. The minimum absolute atomic E-state index is 0.524. The molecule has 2 aromatic carbocycles. The lowest BCUT2D eigenvalue weighted by Gasteiger charge is -2.18. The summed E-state index contributed by atoms with van der Waals surface area (Å²) in [5.41, 5.74) is 2.87. The lowest BCUT2D eigenvalue weighted by atomic mass is 10.0. The summed E-state index contributed by atoms with van der Waals surface area (Å²) in [4.78, 5) is 11.8. The molecular weight excluding hydrogens is 316 g/mol. The van der Waals surface area contributed by atoms with Crippen LogP contribution in [0.5, 0.6) is 5.75 Å². The third-order valence-corrected chi connectivity index (χ3v) is 3.74. The van der Waals surface area contributed by atoms with Crippen molar-refractivity contribution in [3.63, 3.8) is 0 Å². The summed E-state index contributed by atoms with van der Waals surface area (Å²) in [6.07, 6.45) is 1.83. The molecule has 1 atom stereocenters. The van der Waals surface area contributed by atoms with Gasteiger partial charge >= 0.3 is 5.97 Å². The summed E-state index contributed by atoms with van der Waals surface area (Å²) < 4.78 is 5.59.